The Balaban J connectivity index is 3.16. The van der Waals surface area contributed by atoms with Crippen LogP contribution in [0.25, 0.3) is 0 Å². The third kappa shape index (κ3) is 5.38. The SMILES string of the molecule is CC(C)[C@@H](NS(=O)(=O)c1ccc(NS(=O)(=O)C(C)C)c(F)c1)C(=O)O. The largest absolute Gasteiger partial charge is 0.480 e. The number of carboxylic acids is 1. The second-order valence-corrected chi connectivity index (χ2v) is 9.97. The van der Waals surface area contributed by atoms with E-state index in [2.05, 4.69) is 0 Å². The van der Waals surface area contributed by atoms with Gasteiger partial charge < -0.3 is 5.11 Å². The Labute approximate surface area is 146 Å². The van der Waals surface area contributed by atoms with E-state index >= 15 is 0 Å². The summed E-state index contributed by atoms with van der Waals surface area (Å²) in [5.41, 5.74) is -0.397. The molecule has 1 aromatic rings. The predicted molar refractivity (Wildman–Crippen MR) is 90.7 cm³/mol. The Morgan fingerprint density at radius 3 is 2.08 bits per heavy atom. The number of sulfonamides is 2. The van der Waals surface area contributed by atoms with Gasteiger partial charge in [-0.2, -0.15) is 4.72 Å². The number of aliphatic carboxylic acids is 1. The topological polar surface area (TPSA) is 130 Å². The molecule has 0 aliphatic carbocycles. The van der Waals surface area contributed by atoms with Crippen LogP contribution in [0.5, 0.6) is 0 Å². The summed E-state index contributed by atoms with van der Waals surface area (Å²) in [6.07, 6.45) is 0. The summed E-state index contributed by atoms with van der Waals surface area (Å²) >= 11 is 0. The van der Waals surface area contributed by atoms with Crippen LogP contribution in [0.1, 0.15) is 27.7 Å². The number of hydrogen-bond donors (Lipinski definition) is 3. The van der Waals surface area contributed by atoms with Gasteiger partial charge in [-0.05, 0) is 38.0 Å². The van der Waals surface area contributed by atoms with Gasteiger partial charge in [0.15, 0.2) is 0 Å². The van der Waals surface area contributed by atoms with Crippen LogP contribution < -0.4 is 9.44 Å². The van der Waals surface area contributed by atoms with E-state index < -0.39 is 59.6 Å². The van der Waals surface area contributed by atoms with Gasteiger partial charge in [-0.25, -0.2) is 21.2 Å². The van der Waals surface area contributed by atoms with Crippen molar-refractivity contribution in [1.82, 2.24) is 4.72 Å². The molecule has 1 atom stereocenters. The first kappa shape index (κ1) is 21.3. The van der Waals surface area contributed by atoms with E-state index in [1.165, 1.54) is 27.7 Å². The highest BCUT2D eigenvalue weighted by atomic mass is 32.2. The first-order valence-corrected chi connectivity index (χ1v) is 10.4. The fourth-order valence-corrected chi connectivity index (χ4v) is 3.78. The molecule has 0 spiro atoms. The molecule has 11 heteroatoms. The predicted octanol–water partition coefficient (Wildman–Crippen LogP) is 1.36. The molecular weight excluding hydrogens is 375 g/mol. The molecule has 0 aliphatic rings. The Hall–Kier alpha value is -1.72. The third-order valence-electron chi connectivity index (χ3n) is 3.34. The molecule has 3 N–H and O–H groups in total. The maximum atomic E-state index is 14.1. The number of hydrogen-bond acceptors (Lipinski definition) is 5. The Kier molecular flexibility index (Phi) is 6.54. The van der Waals surface area contributed by atoms with Crippen molar-refractivity contribution < 1.29 is 31.1 Å². The van der Waals surface area contributed by atoms with E-state index in [0.717, 1.165) is 12.1 Å². The van der Waals surface area contributed by atoms with E-state index in [4.69, 9.17) is 5.11 Å². The molecule has 8 nitrogen and oxygen atoms in total. The van der Waals surface area contributed by atoms with Crippen LogP contribution in [-0.4, -0.2) is 39.2 Å². The standard InChI is InChI=1S/C14H21FN2O6S2/c1-8(2)13(14(18)19)17-25(22,23)10-5-6-12(11(15)7-10)16-24(20,21)9(3)4/h5-9,13,16-17H,1-4H3,(H,18,19)/t13-/m1/s1. The first-order chi connectivity index (χ1) is 11.3. The summed E-state index contributed by atoms with van der Waals surface area (Å²) in [6.45, 7) is 5.85. The Bertz CT molecular complexity index is 850. The van der Waals surface area contributed by atoms with Crippen LogP contribution in [0.2, 0.25) is 0 Å². The molecule has 1 aromatic carbocycles. The van der Waals surface area contributed by atoms with Crippen LogP contribution in [-0.2, 0) is 24.8 Å². The molecule has 142 valence electrons. The maximum Gasteiger partial charge on any atom is 0.322 e. The number of benzene rings is 1. The van der Waals surface area contributed by atoms with E-state index in [1.54, 1.807) is 0 Å². The zero-order valence-electron chi connectivity index (χ0n) is 14.1. The molecule has 0 fully saturated rings. The Morgan fingerprint density at radius 1 is 1.12 bits per heavy atom. The molecule has 0 unspecified atom stereocenters. The van der Waals surface area contributed by atoms with Crippen molar-refractivity contribution in [3.63, 3.8) is 0 Å². The molecule has 0 amide bonds. The molecule has 0 heterocycles. The molecule has 0 aliphatic heterocycles. The van der Waals surface area contributed by atoms with Gasteiger partial charge in [0.05, 0.1) is 15.8 Å². The van der Waals surface area contributed by atoms with Crippen molar-refractivity contribution in [3.8, 4) is 0 Å². The van der Waals surface area contributed by atoms with Gasteiger partial charge in [-0.15, -0.1) is 0 Å². The molecule has 0 radical (unpaired) electrons. The number of halogens is 1. The Morgan fingerprint density at radius 2 is 1.68 bits per heavy atom. The molecular formula is C14H21FN2O6S2. The van der Waals surface area contributed by atoms with E-state index in [0.29, 0.717) is 6.07 Å². The minimum atomic E-state index is -4.30. The van der Waals surface area contributed by atoms with Crippen LogP contribution in [0.15, 0.2) is 23.1 Å². The van der Waals surface area contributed by atoms with Crippen LogP contribution in [0.3, 0.4) is 0 Å². The second kappa shape index (κ2) is 7.67. The minimum absolute atomic E-state index is 0.397. The van der Waals surface area contributed by atoms with Gasteiger partial charge in [0.2, 0.25) is 20.0 Å². The van der Waals surface area contributed by atoms with Gasteiger partial charge in [-0.3, -0.25) is 9.52 Å². The zero-order valence-corrected chi connectivity index (χ0v) is 15.8. The number of anilines is 1. The summed E-state index contributed by atoms with van der Waals surface area (Å²) in [5, 5.41) is 8.25. The summed E-state index contributed by atoms with van der Waals surface area (Å²) in [6, 6.07) is 1.20. The van der Waals surface area contributed by atoms with Gasteiger partial charge >= 0.3 is 5.97 Å². The summed E-state index contributed by atoms with van der Waals surface area (Å²) < 4.78 is 66.1. The summed E-state index contributed by atoms with van der Waals surface area (Å²) in [7, 11) is -8.09. The molecule has 25 heavy (non-hydrogen) atoms. The lowest BCUT2D eigenvalue weighted by atomic mass is 10.1. The molecule has 0 aromatic heterocycles. The van der Waals surface area contributed by atoms with Crippen molar-refractivity contribution in [2.45, 2.75) is 43.9 Å². The lowest BCUT2D eigenvalue weighted by molar-refractivity contribution is -0.140. The van der Waals surface area contributed by atoms with Gasteiger partial charge in [0.25, 0.3) is 0 Å². The van der Waals surface area contributed by atoms with Gasteiger partial charge in [0, 0.05) is 0 Å². The number of nitrogens with one attached hydrogen (secondary N) is 2. The fraction of sp³-hybridized carbons (Fsp3) is 0.500. The van der Waals surface area contributed by atoms with Crippen molar-refractivity contribution >= 4 is 31.7 Å². The fourth-order valence-electron chi connectivity index (χ4n) is 1.72. The van der Waals surface area contributed by atoms with Crippen molar-refractivity contribution in [3.05, 3.63) is 24.0 Å². The number of carbonyl (C=O) groups is 1. The van der Waals surface area contributed by atoms with Crippen LogP contribution in [0, 0.1) is 11.7 Å². The average Bonchev–Trinajstić information content (AvgIpc) is 2.45. The lowest BCUT2D eigenvalue weighted by Crippen LogP contribution is -2.44. The second-order valence-electron chi connectivity index (χ2n) is 6.02. The summed E-state index contributed by atoms with van der Waals surface area (Å²) in [4.78, 5) is 10.6. The van der Waals surface area contributed by atoms with E-state index in [-0.39, 0.29) is 0 Å². The summed E-state index contributed by atoms with van der Waals surface area (Å²) in [5.74, 6) is -2.99. The minimum Gasteiger partial charge on any atom is -0.480 e. The highest BCUT2D eigenvalue weighted by molar-refractivity contribution is 7.93. The molecule has 0 saturated carbocycles. The first-order valence-electron chi connectivity index (χ1n) is 7.34. The smallest absolute Gasteiger partial charge is 0.322 e. The van der Waals surface area contributed by atoms with E-state index in [9.17, 15) is 26.0 Å². The monoisotopic (exact) mass is 396 g/mol. The van der Waals surface area contributed by atoms with Crippen molar-refractivity contribution in [2.24, 2.45) is 5.92 Å². The highest BCUT2D eigenvalue weighted by Crippen LogP contribution is 2.21. The van der Waals surface area contributed by atoms with Crippen LogP contribution >= 0.6 is 0 Å². The molecule has 1 rings (SSSR count). The highest BCUT2D eigenvalue weighted by Gasteiger charge is 2.28. The number of carboxylic acid groups (broad SMARTS) is 1. The van der Waals surface area contributed by atoms with Crippen molar-refractivity contribution in [2.75, 3.05) is 4.72 Å². The van der Waals surface area contributed by atoms with Crippen molar-refractivity contribution in [1.29, 1.82) is 0 Å². The average molecular weight is 396 g/mol. The third-order valence-corrected chi connectivity index (χ3v) is 6.52. The molecule has 0 saturated heterocycles. The van der Waals surface area contributed by atoms with Gasteiger partial charge in [0.1, 0.15) is 11.9 Å². The van der Waals surface area contributed by atoms with Gasteiger partial charge in [-0.1, -0.05) is 13.8 Å². The van der Waals surface area contributed by atoms with E-state index in [1.807, 2.05) is 9.44 Å². The lowest BCUT2D eigenvalue weighted by Gasteiger charge is -2.18. The maximum absolute atomic E-state index is 14.1. The number of rotatable bonds is 8. The van der Waals surface area contributed by atoms with Crippen LogP contribution in [0.4, 0.5) is 10.1 Å². The normalized spacial score (nSPS) is 13.9. The zero-order chi connectivity index (χ0) is 19.6. The molecule has 0 bridgehead atoms. The quantitative estimate of drug-likeness (QED) is 0.608.